The summed E-state index contributed by atoms with van der Waals surface area (Å²) in [6.07, 6.45) is 6.75. The van der Waals surface area contributed by atoms with Gasteiger partial charge in [0.25, 0.3) is 11.8 Å². The summed E-state index contributed by atoms with van der Waals surface area (Å²) in [5.74, 6) is 3.40. The number of carbonyl (C=O) groups is 3. The zero-order valence-electron chi connectivity index (χ0n) is 25.8. The molecule has 0 spiro atoms. The number of fused-ring (bicyclic) bond motifs is 1. The van der Waals surface area contributed by atoms with Crippen molar-refractivity contribution in [3.8, 4) is 0 Å². The van der Waals surface area contributed by atoms with E-state index in [1.807, 2.05) is 86.7 Å². The number of Topliss-reactive ketones (excluding diaryl/α,β-unsaturated/α-hetero) is 1. The van der Waals surface area contributed by atoms with Gasteiger partial charge in [0.1, 0.15) is 5.41 Å². The van der Waals surface area contributed by atoms with Crippen LogP contribution in [0.1, 0.15) is 80.5 Å². The zero-order valence-corrected chi connectivity index (χ0v) is 25.8. The number of hydrogen-bond donors (Lipinski definition) is 4. The van der Waals surface area contributed by atoms with Gasteiger partial charge in [-0.3, -0.25) is 19.8 Å². The Balaban J connectivity index is 1.95. The summed E-state index contributed by atoms with van der Waals surface area (Å²) >= 11 is 0. The number of allylic oxidation sites excluding steroid dienone is 1. The van der Waals surface area contributed by atoms with Crippen molar-refractivity contribution in [1.29, 1.82) is 0 Å². The van der Waals surface area contributed by atoms with E-state index in [-0.39, 0.29) is 12.8 Å². The largest absolute Gasteiger partial charge is 0.350 e. The van der Waals surface area contributed by atoms with Crippen molar-refractivity contribution in [1.82, 2.24) is 10.9 Å². The van der Waals surface area contributed by atoms with E-state index in [0.717, 1.165) is 29.4 Å². The average Bonchev–Trinajstić information content (AvgIpc) is 3.05. The van der Waals surface area contributed by atoms with Crippen molar-refractivity contribution in [2.45, 2.75) is 83.0 Å². The molecule has 4 atom stereocenters. The highest BCUT2D eigenvalue weighted by Crippen LogP contribution is 2.43. The Kier molecular flexibility index (Phi) is 11.4. The number of hydroxylamine groups is 1. The average molecular weight is 601 g/mol. The van der Waals surface area contributed by atoms with Crippen molar-refractivity contribution >= 4 is 34.4 Å². The molecule has 1 saturated heterocycles. The minimum Gasteiger partial charge on any atom is -0.350 e. The number of hydrazine groups is 1. The number of benzene rings is 3. The van der Waals surface area contributed by atoms with Gasteiger partial charge < -0.3 is 10.5 Å². The lowest BCUT2D eigenvalue weighted by Crippen LogP contribution is -2.57. The summed E-state index contributed by atoms with van der Waals surface area (Å²) < 4.78 is 5.67. The van der Waals surface area contributed by atoms with E-state index in [0.29, 0.717) is 36.0 Å². The van der Waals surface area contributed by atoms with Gasteiger partial charge in [-0.15, -0.1) is 0 Å². The molecule has 3 aromatic carbocycles. The van der Waals surface area contributed by atoms with E-state index in [4.69, 9.17) is 21.2 Å². The number of aryl methyl sites for hydroxylation is 1. The predicted octanol–water partition coefficient (Wildman–Crippen LogP) is 4.85. The number of carbonyl (C=O) groups excluding carboxylic acids is 3. The summed E-state index contributed by atoms with van der Waals surface area (Å²) in [5.41, 5.74) is 12.2. The Labute approximate surface area is 259 Å². The van der Waals surface area contributed by atoms with Crippen LogP contribution in [-0.4, -0.2) is 36.5 Å². The molecule has 0 saturated carbocycles. The Morgan fingerprint density at radius 1 is 1.09 bits per heavy atom. The van der Waals surface area contributed by atoms with Crippen molar-refractivity contribution in [3.05, 3.63) is 89.0 Å². The molecule has 1 heterocycles. The van der Waals surface area contributed by atoms with Gasteiger partial charge in [0.05, 0.1) is 12.0 Å². The summed E-state index contributed by atoms with van der Waals surface area (Å²) in [4.78, 5) is 47.9. The predicted molar refractivity (Wildman–Crippen MR) is 172 cm³/mol. The number of amides is 2. The molecule has 0 radical (unpaired) electrons. The van der Waals surface area contributed by atoms with Crippen molar-refractivity contribution in [3.63, 3.8) is 0 Å². The monoisotopic (exact) mass is 600 g/mol. The molecule has 0 aliphatic carbocycles. The maximum absolute atomic E-state index is 14.2. The van der Waals surface area contributed by atoms with Crippen LogP contribution < -0.4 is 22.5 Å². The maximum Gasteiger partial charge on any atom is 0.252 e. The minimum atomic E-state index is -1.74. The van der Waals surface area contributed by atoms with E-state index in [9.17, 15) is 14.4 Å². The molecule has 1 aliphatic heterocycles. The van der Waals surface area contributed by atoms with Gasteiger partial charge >= 0.3 is 0 Å². The van der Waals surface area contributed by atoms with E-state index in [2.05, 4.69) is 10.9 Å². The second kappa shape index (κ2) is 15.2. The summed E-state index contributed by atoms with van der Waals surface area (Å²) in [5, 5.41) is 1.55. The van der Waals surface area contributed by atoms with Crippen LogP contribution in [0.2, 0.25) is 0 Å². The van der Waals surface area contributed by atoms with Gasteiger partial charge in [0.2, 0.25) is 0 Å². The van der Waals surface area contributed by atoms with Gasteiger partial charge in [-0.2, -0.15) is 0 Å². The first kappa shape index (κ1) is 33.0. The molecule has 0 bridgehead atoms. The van der Waals surface area contributed by atoms with Gasteiger partial charge in [0.15, 0.2) is 12.1 Å². The molecular weight excluding hydrogens is 556 g/mol. The third kappa shape index (κ3) is 7.08. The minimum absolute atomic E-state index is 0.150. The van der Waals surface area contributed by atoms with Crippen LogP contribution in [0.3, 0.4) is 0 Å². The van der Waals surface area contributed by atoms with Crippen LogP contribution in [0.15, 0.2) is 66.7 Å². The summed E-state index contributed by atoms with van der Waals surface area (Å²) in [7, 11) is 0. The topological polar surface area (TPSA) is 146 Å². The molecule has 9 nitrogen and oxygen atoms in total. The highest BCUT2D eigenvalue weighted by molar-refractivity contribution is 6.16. The second-order valence-corrected chi connectivity index (χ2v) is 11.5. The molecule has 2 unspecified atom stereocenters. The fraction of sp³-hybridized carbons (Fsp3) is 0.400. The van der Waals surface area contributed by atoms with Crippen LogP contribution in [0.25, 0.3) is 16.8 Å². The molecule has 6 N–H and O–H groups in total. The van der Waals surface area contributed by atoms with Crippen LogP contribution in [-0.2, 0) is 29.4 Å². The Morgan fingerprint density at radius 3 is 2.43 bits per heavy atom. The van der Waals surface area contributed by atoms with E-state index in [1.165, 1.54) is 0 Å². The van der Waals surface area contributed by atoms with Gasteiger partial charge in [-0.25, -0.2) is 16.2 Å². The number of nitrogens with two attached hydrogens (primary N) is 2. The molecule has 1 fully saturated rings. The lowest BCUT2D eigenvalue weighted by atomic mass is 9.65. The van der Waals surface area contributed by atoms with Crippen molar-refractivity contribution < 1.29 is 24.0 Å². The van der Waals surface area contributed by atoms with Crippen molar-refractivity contribution in [2.24, 2.45) is 11.6 Å². The number of ether oxygens (including phenoxy) is 1. The number of hydrogen-bond acceptors (Lipinski definition) is 7. The van der Waals surface area contributed by atoms with Crippen LogP contribution >= 0.6 is 0 Å². The third-order valence-corrected chi connectivity index (χ3v) is 8.29. The normalized spacial score (nSPS) is 18.0. The zero-order chi connectivity index (χ0) is 31.7. The van der Waals surface area contributed by atoms with E-state index in [1.54, 1.807) is 6.92 Å². The Hall–Kier alpha value is -3.89. The second-order valence-electron chi connectivity index (χ2n) is 11.5. The molecule has 2 amide bonds. The standard InChI is InChI=1S/C35H44N4O5/c1-4-20-35(34(42)38-37,32(40)24(3)36)31-27-17-9-8-16-26(27)23(2)22-29(31)28(18-12-15-25-13-6-5-7-14-25)33(41)39-44-30-19-10-11-21-43-30/h5-9,12-17,22,24,28,30H,4,10-11,18-21,36-37H2,1-3H3,(H,38,42)(H,39,41)/b15-12+/t24?,28-,30?,35+/m0/s1. The maximum atomic E-state index is 14.2. The van der Waals surface area contributed by atoms with Crippen LogP contribution in [0.4, 0.5) is 0 Å². The molecule has 234 valence electrons. The van der Waals surface area contributed by atoms with Crippen LogP contribution in [0.5, 0.6) is 0 Å². The quantitative estimate of drug-likeness (QED) is 0.0949. The molecule has 44 heavy (non-hydrogen) atoms. The third-order valence-electron chi connectivity index (χ3n) is 8.29. The SMILES string of the molecule is CCC[C@](C(=O)NN)(C(=O)C(C)N)c1c([C@H](C/C=C/c2ccccc2)C(=O)NOC2CCCCO2)cc(C)c2ccccc12. The Morgan fingerprint density at radius 2 is 1.80 bits per heavy atom. The molecule has 1 aliphatic rings. The smallest absolute Gasteiger partial charge is 0.252 e. The lowest BCUT2D eigenvalue weighted by molar-refractivity contribution is -0.201. The first-order valence-corrected chi connectivity index (χ1v) is 15.4. The van der Waals surface area contributed by atoms with E-state index < -0.39 is 41.3 Å². The van der Waals surface area contributed by atoms with Gasteiger partial charge in [0, 0.05) is 13.0 Å². The highest BCUT2D eigenvalue weighted by atomic mass is 16.8. The number of nitrogens with one attached hydrogen (secondary N) is 2. The molecule has 3 aromatic rings. The highest BCUT2D eigenvalue weighted by Gasteiger charge is 2.50. The number of ketones is 1. The summed E-state index contributed by atoms with van der Waals surface area (Å²) in [6, 6.07) is 18.3. The fourth-order valence-corrected chi connectivity index (χ4v) is 6.21. The Bertz CT molecular complexity index is 1480. The first-order chi connectivity index (χ1) is 21.2. The molecule has 0 aromatic heterocycles. The van der Waals surface area contributed by atoms with Gasteiger partial charge in [-0.1, -0.05) is 86.2 Å². The molecule has 9 heteroatoms. The first-order valence-electron chi connectivity index (χ1n) is 15.4. The number of rotatable bonds is 13. The van der Waals surface area contributed by atoms with Gasteiger partial charge in [-0.05, 0) is 72.6 Å². The fourth-order valence-electron chi connectivity index (χ4n) is 6.21. The van der Waals surface area contributed by atoms with Crippen LogP contribution in [0, 0.1) is 6.92 Å². The van der Waals surface area contributed by atoms with Crippen molar-refractivity contribution in [2.75, 3.05) is 6.61 Å². The van der Waals surface area contributed by atoms with E-state index >= 15 is 0 Å². The summed E-state index contributed by atoms with van der Waals surface area (Å²) in [6.45, 7) is 5.98. The molecule has 4 rings (SSSR count). The molecular formula is C35H44N4O5. The lowest BCUT2D eigenvalue weighted by Gasteiger charge is -2.36.